The molecule has 0 radical (unpaired) electrons. The second kappa shape index (κ2) is 16.3. The second-order valence-electron chi connectivity index (χ2n) is 6.54. The van der Waals surface area contributed by atoms with Crippen molar-refractivity contribution < 1.29 is 9.84 Å². The summed E-state index contributed by atoms with van der Waals surface area (Å²) in [5.74, 6) is 0. The average Bonchev–Trinajstić information content (AvgIpc) is 2.50. The minimum atomic E-state index is -0.289. The highest BCUT2D eigenvalue weighted by molar-refractivity contribution is 4.63. The van der Waals surface area contributed by atoms with Gasteiger partial charge in [0.05, 0.1) is 12.2 Å². The average molecular weight is 301 g/mol. The van der Waals surface area contributed by atoms with E-state index in [4.69, 9.17) is 4.74 Å². The zero-order valence-corrected chi connectivity index (χ0v) is 14.9. The van der Waals surface area contributed by atoms with Crippen molar-refractivity contribution in [3.63, 3.8) is 0 Å². The van der Waals surface area contributed by atoms with Crippen LogP contribution >= 0.6 is 0 Å². The number of rotatable bonds is 16. The highest BCUT2D eigenvalue weighted by Gasteiger charge is 2.11. The number of unbranched alkanes of at least 4 members (excludes halogenated alkanes) is 12. The Morgan fingerprint density at radius 1 is 0.714 bits per heavy atom. The molecule has 0 aromatic carbocycles. The molecule has 0 aliphatic rings. The van der Waals surface area contributed by atoms with E-state index in [9.17, 15) is 5.11 Å². The summed E-state index contributed by atoms with van der Waals surface area (Å²) in [5, 5.41) is 9.77. The smallest absolute Gasteiger partial charge is 0.0802 e. The van der Waals surface area contributed by atoms with E-state index in [0.29, 0.717) is 0 Å². The maximum absolute atomic E-state index is 9.77. The molecule has 0 saturated heterocycles. The minimum Gasteiger partial charge on any atom is -0.390 e. The van der Waals surface area contributed by atoms with Gasteiger partial charge in [-0.2, -0.15) is 0 Å². The molecule has 21 heavy (non-hydrogen) atoms. The maximum atomic E-state index is 9.77. The van der Waals surface area contributed by atoms with Gasteiger partial charge in [-0.15, -0.1) is 0 Å². The summed E-state index contributed by atoms with van der Waals surface area (Å²) < 4.78 is 5.13. The van der Waals surface area contributed by atoms with Crippen LogP contribution in [0.4, 0.5) is 0 Å². The fraction of sp³-hybridized carbons (Fsp3) is 1.00. The summed E-state index contributed by atoms with van der Waals surface area (Å²) in [5.41, 5.74) is 0. The van der Waals surface area contributed by atoms with Gasteiger partial charge in [0, 0.05) is 7.11 Å². The third-order valence-electron chi connectivity index (χ3n) is 4.52. The summed E-state index contributed by atoms with van der Waals surface area (Å²) in [7, 11) is 1.66. The van der Waals surface area contributed by atoms with Gasteiger partial charge < -0.3 is 9.84 Å². The van der Waals surface area contributed by atoms with Crippen LogP contribution in [0.3, 0.4) is 0 Å². The fourth-order valence-corrected chi connectivity index (χ4v) is 2.76. The number of aliphatic hydroxyl groups is 1. The van der Waals surface area contributed by atoms with Crippen molar-refractivity contribution >= 4 is 0 Å². The molecule has 0 aliphatic carbocycles. The van der Waals surface area contributed by atoms with E-state index < -0.39 is 0 Å². The lowest BCUT2D eigenvalue weighted by Crippen LogP contribution is -2.24. The lowest BCUT2D eigenvalue weighted by atomic mass is 10.0. The Kier molecular flexibility index (Phi) is 16.2. The third-order valence-corrected chi connectivity index (χ3v) is 4.52. The molecule has 1 N–H and O–H groups in total. The van der Waals surface area contributed by atoms with Gasteiger partial charge in [0.2, 0.25) is 0 Å². The van der Waals surface area contributed by atoms with E-state index in [1.54, 1.807) is 7.11 Å². The first-order chi connectivity index (χ1) is 10.2. The first-order valence-electron chi connectivity index (χ1n) is 9.43. The molecular weight excluding hydrogens is 260 g/mol. The topological polar surface area (TPSA) is 29.5 Å². The van der Waals surface area contributed by atoms with Crippen LogP contribution in [0.15, 0.2) is 0 Å². The van der Waals surface area contributed by atoms with Crippen molar-refractivity contribution in [3.8, 4) is 0 Å². The highest BCUT2D eigenvalue weighted by atomic mass is 16.5. The van der Waals surface area contributed by atoms with Crippen LogP contribution in [0, 0.1) is 0 Å². The molecule has 0 aromatic heterocycles. The van der Waals surface area contributed by atoms with Crippen molar-refractivity contribution in [1.82, 2.24) is 0 Å². The van der Waals surface area contributed by atoms with Crippen LogP contribution < -0.4 is 0 Å². The van der Waals surface area contributed by atoms with E-state index in [0.717, 1.165) is 12.8 Å². The monoisotopic (exact) mass is 300 g/mol. The van der Waals surface area contributed by atoms with Crippen molar-refractivity contribution in [2.45, 2.75) is 116 Å². The SMILES string of the molecule is CCCCCCCCCCCCCCCC(O)C(C)OC. The van der Waals surface area contributed by atoms with Crippen LogP contribution in [-0.2, 0) is 4.74 Å². The molecule has 0 rings (SSSR count). The van der Waals surface area contributed by atoms with Crippen LogP contribution in [0.25, 0.3) is 0 Å². The van der Waals surface area contributed by atoms with Gasteiger partial charge in [-0.1, -0.05) is 90.4 Å². The lowest BCUT2D eigenvalue weighted by Gasteiger charge is -2.16. The first kappa shape index (κ1) is 20.9. The zero-order chi connectivity index (χ0) is 15.8. The Bertz CT molecular complexity index is 194. The normalized spacial score (nSPS) is 14.3. The van der Waals surface area contributed by atoms with Crippen molar-refractivity contribution in [2.24, 2.45) is 0 Å². The molecule has 0 fully saturated rings. The van der Waals surface area contributed by atoms with E-state index in [1.807, 2.05) is 6.92 Å². The van der Waals surface area contributed by atoms with E-state index in [2.05, 4.69) is 6.92 Å². The maximum Gasteiger partial charge on any atom is 0.0802 e. The second-order valence-corrected chi connectivity index (χ2v) is 6.54. The third kappa shape index (κ3) is 14.6. The number of hydrogen-bond donors (Lipinski definition) is 1. The molecule has 0 amide bonds. The van der Waals surface area contributed by atoms with Crippen LogP contribution in [0.1, 0.15) is 104 Å². The highest BCUT2D eigenvalue weighted by Crippen LogP contribution is 2.14. The molecule has 2 unspecified atom stereocenters. The Balaban J connectivity index is 3.09. The summed E-state index contributed by atoms with van der Waals surface area (Å²) in [6, 6.07) is 0. The van der Waals surface area contributed by atoms with Crippen LogP contribution in [-0.4, -0.2) is 24.4 Å². The molecule has 0 bridgehead atoms. The molecule has 0 heterocycles. The summed E-state index contributed by atoms with van der Waals surface area (Å²) in [6.07, 6.45) is 18.4. The molecule has 0 saturated carbocycles. The first-order valence-corrected chi connectivity index (χ1v) is 9.43. The number of aliphatic hydroxyl groups excluding tert-OH is 1. The Hall–Kier alpha value is -0.0800. The molecular formula is C19H40O2. The summed E-state index contributed by atoms with van der Waals surface area (Å²) in [6.45, 7) is 4.21. The quantitative estimate of drug-likeness (QED) is 0.362. The van der Waals surface area contributed by atoms with Crippen molar-refractivity contribution in [2.75, 3.05) is 7.11 Å². The zero-order valence-electron chi connectivity index (χ0n) is 14.9. The van der Waals surface area contributed by atoms with E-state index >= 15 is 0 Å². The van der Waals surface area contributed by atoms with Gasteiger partial charge >= 0.3 is 0 Å². The largest absolute Gasteiger partial charge is 0.390 e. The fourth-order valence-electron chi connectivity index (χ4n) is 2.76. The van der Waals surface area contributed by atoms with Crippen LogP contribution in [0.5, 0.6) is 0 Å². The number of ether oxygens (including phenoxy) is 1. The van der Waals surface area contributed by atoms with Gasteiger partial charge in [-0.05, 0) is 13.3 Å². The molecule has 0 aromatic rings. The summed E-state index contributed by atoms with van der Waals surface area (Å²) in [4.78, 5) is 0. The molecule has 2 nitrogen and oxygen atoms in total. The van der Waals surface area contributed by atoms with Crippen molar-refractivity contribution in [3.05, 3.63) is 0 Å². The Morgan fingerprint density at radius 2 is 1.10 bits per heavy atom. The molecule has 128 valence electrons. The van der Waals surface area contributed by atoms with Crippen molar-refractivity contribution in [1.29, 1.82) is 0 Å². The number of hydrogen-bond acceptors (Lipinski definition) is 2. The van der Waals surface area contributed by atoms with Gasteiger partial charge in [-0.25, -0.2) is 0 Å². The molecule has 2 atom stereocenters. The van der Waals surface area contributed by atoms with E-state index in [-0.39, 0.29) is 12.2 Å². The molecule has 2 heteroatoms. The number of methoxy groups -OCH3 is 1. The van der Waals surface area contributed by atoms with Gasteiger partial charge in [0.1, 0.15) is 0 Å². The van der Waals surface area contributed by atoms with E-state index in [1.165, 1.54) is 77.0 Å². The minimum absolute atomic E-state index is 0.0256. The summed E-state index contributed by atoms with van der Waals surface area (Å²) >= 11 is 0. The molecule has 0 aliphatic heterocycles. The molecule has 0 spiro atoms. The predicted molar refractivity (Wildman–Crippen MR) is 92.8 cm³/mol. The van der Waals surface area contributed by atoms with Crippen LogP contribution in [0.2, 0.25) is 0 Å². The lowest BCUT2D eigenvalue weighted by molar-refractivity contribution is -0.00531. The Morgan fingerprint density at radius 3 is 1.48 bits per heavy atom. The van der Waals surface area contributed by atoms with Gasteiger partial charge in [0.25, 0.3) is 0 Å². The standard InChI is InChI=1S/C19H40O2/c1-4-5-6-7-8-9-10-11-12-13-14-15-16-17-19(20)18(2)21-3/h18-20H,4-17H2,1-3H3. The predicted octanol–water partition coefficient (Wildman–Crippen LogP) is 5.86. The Labute approximate surface area is 133 Å². The van der Waals surface area contributed by atoms with Gasteiger partial charge in [-0.3, -0.25) is 0 Å². The van der Waals surface area contributed by atoms with Gasteiger partial charge in [0.15, 0.2) is 0 Å².